The standard InChI is InChI=1S/C14H12F4N2O3.C13H12F2N2O3/c1-2-22-13(21)10-6-11(23-14(17)18)20(19-10)7-8-4-3-5-9(15)12(8)16;1-2-20-13(19)10-6-11(18)17(16-10)7-8-4-3-5-9(14)12(8)15/h3-6,14H,2,7H2,1H3;3-6,16H,2,7H2,1H3. The molecule has 0 fully saturated rings. The SMILES string of the molecule is CCOC(=O)c1cc(=O)n(Cc2cccc(F)c2F)[nH]1.CCOC(=O)c1cc(OC(F)F)n(Cc2cccc(F)c2F)n1. The van der Waals surface area contributed by atoms with Crippen molar-refractivity contribution in [3.63, 3.8) is 0 Å². The Hall–Kier alpha value is -5.02. The molecule has 0 radical (unpaired) electrons. The molecule has 0 unspecified atom stereocenters. The Morgan fingerprint density at radius 3 is 1.98 bits per heavy atom. The number of nitrogens with one attached hydrogen (secondary N) is 1. The first kappa shape index (κ1) is 32.5. The van der Waals surface area contributed by atoms with Gasteiger partial charge >= 0.3 is 18.6 Å². The minimum absolute atomic E-state index is 0.00404. The molecule has 16 heteroatoms. The lowest BCUT2D eigenvalue weighted by molar-refractivity contribution is -0.0556. The molecule has 4 aromatic rings. The largest absolute Gasteiger partial charge is 0.461 e. The van der Waals surface area contributed by atoms with E-state index in [2.05, 4.69) is 14.9 Å². The maximum Gasteiger partial charge on any atom is 0.388 e. The van der Waals surface area contributed by atoms with Crippen molar-refractivity contribution in [1.82, 2.24) is 19.6 Å². The fourth-order valence-corrected chi connectivity index (χ4v) is 3.54. The molecule has 0 saturated carbocycles. The number of carbonyl (C=O) groups is 2. The van der Waals surface area contributed by atoms with Crippen LogP contribution in [0, 0.1) is 23.3 Å². The first-order chi connectivity index (χ1) is 20.4. The predicted octanol–water partition coefficient (Wildman–Crippen LogP) is 4.67. The van der Waals surface area contributed by atoms with Crippen molar-refractivity contribution >= 4 is 11.9 Å². The highest BCUT2D eigenvalue weighted by Gasteiger charge is 2.20. The fraction of sp³-hybridized carbons (Fsp3) is 0.259. The van der Waals surface area contributed by atoms with Crippen LogP contribution < -0.4 is 10.3 Å². The lowest BCUT2D eigenvalue weighted by Gasteiger charge is -2.09. The Bertz CT molecular complexity index is 1630. The third-order valence-electron chi connectivity index (χ3n) is 5.43. The first-order valence-corrected chi connectivity index (χ1v) is 12.5. The van der Waals surface area contributed by atoms with Gasteiger partial charge in [0.15, 0.2) is 29.0 Å². The van der Waals surface area contributed by atoms with Gasteiger partial charge in [0.2, 0.25) is 5.88 Å². The number of aromatic amines is 1. The highest BCUT2D eigenvalue weighted by Crippen LogP contribution is 2.21. The number of alkyl halides is 2. The van der Waals surface area contributed by atoms with Crippen molar-refractivity contribution in [2.75, 3.05) is 13.2 Å². The number of carbonyl (C=O) groups excluding carboxylic acids is 2. The molecule has 0 aliphatic heterocycles. The minimum Gasteiger partial charge on any atom is -0.461 e. The quantitative estimate of drug-likeness (QED) is 0.204. The number of aromatic nitrogens is 4. The molecule has 10 nitrogen and oxygen atoms in total. The molecule has 0 aliphatic carbocycles. The molecule has 43 heavy (non-hydrogen) atoms. The maximum absolute atomic E-state index is 13.7. The molecule has 2 aromatic heterocycles. The third kappa shape index (κ3) is 8.50. The van der Waals surface area contributed by atoms with Crippen LogP contribution in [0.4, 0.5) is 26.3 Å². The molecule has 0 bridgehead atoms. The second kappa shape index (κ2) is 14.7. The van der Waals surface area contributed by atoms with Gasteiger partial charge < -0.3 is 14.2 Å². The van der Waals surface area contributed by atoms with Crippen LogP contribution in [-0.2, 0) is 22.6 Å². The number of hydrogen-bond acceptors (Lipinski definition) is 7. The van der Waals surface area contributed by atoms with Gasteiger partial charge in [0, 0.05) is 23.3 Å². The van der Waals surface area contributed by atoms with E-state index < -0.39 is 59.8 Å². The lowest BCUT2D eigenvalue weighted by atomic mass is 10.2. The molecule has 0 spiro atoms. The zero-order valence-electron chi connectivity index (χ0n) is 22.6. The van der Waals surface area contributed by atoms with Gasteiger partial charge in [0.05, 0.1) is 26.3 Å². The van der Waals surface area contributed by atoms with Crippen LogP contribution in [0.5, 0.6) is 5.88 Å². The van der Waals surface area contributed by atoms with Gasteiger partial charge in [-0.15, -0.1) is 0 Å². The second-order valence-electron chi connectivity index (χ2n) is 8.36. The van der Waals surface area contributed by atoms with E-state index in [0.29, 0.717) is 0 Å². The molecule has 0 saturated heterocycles. The van der Waals surface area contributed by atoms with Crippen molar-refractivity contribution in [2.24, 2.45) is 0 Å². The summed E-state index contributed by atoms with van der Waals surface area (Å²) in [6.07, 6.45) is 0. The summed E-state index contributed by atoms with van der Waals surface area (Å²) >= 11 is 0. The first-order valence-electron chi connectivity index (χ1n) is 12.5. The fourth-order valence-electron chi connectivity index (χ4n) is 3.54. The van der Waals surface area contributed by atoms with Crippen molar-refractivity contribution in [3.8, 4) is 5.88 Å². The summed E-state index contributed by atoms with van der Waals surface area (Å²) in [5, 5.41) is 6.24. The maximum atomic E-state index is 13.7. The Kier molecular flexibility index (Phi) is 11.1. The number of rotatable bonds is 10. The van der Waals surface area contributed by atoms with E-state index in [1.807, 2.05) is 0 Å². The van der Waals surface area contributed by atoms with Crippen LogP contribution in [0.25, 0.3) is 0 Å². The van der Waals surface area contributed by atoms with Crippen LogP contribution in [0.2, 0.25) is 0 Å². The van der Waals surface area contributed by atoms with Crippen molar-refractivity contribution in [1.29, 1.82) is 0 Å². The molecule has 0 aliphatic rings. The van der Waals surface area contributed by atoms with Gasteiger partial charge in [-0.05, 0) is 26.0 Å². The Morgan fingerprint density at radius 2 is 1.42 bits per heavy atom. The highest BCUT2D eigenvalue weighted by molar-refractivity contribution is 5.87. The van der Waals surface area contributed by atoms with Crippen molar-refractivity contribution < 1.29 is 50.1 Å². The van der Waals surface area contributed by atoms with Gasteiger partial charge in [-0.1, -0.05) is 24.3 Å². The van der Waals surface area contributed by atoms with E-state index in [0.717, 1.165) is 33.6 Å². The summed E-state index contributed by atoms with van der Waals surface area (Å²) < 4.78 is 93.8. The number of esters is 2. The van der Waals surface area contributed by atoms with Gasteiger partial charge in [-0.2, -0.15) is 13.9 Å². The molecule has 2 aromatic carbocycles. The zero-order valence-corrected chi connectivity index (χ0v) is 22.6. The topological polar surface area (TPSA) is 117 Å². The molecule has 0 amide bonds. The van der Waals surface area contributed by atoms with Gasteiger partial charge in [0.25, 0.3) is 5.56 Å². The number of halogens is 6. The summed E-state index contributed by atoms with van der Waals surface area (Å²) in [4.78, 5) is 34.7. The summed E-state index contributed by atoms with van der Waals surface area (Å²) in [7, 11) is 0. The third-order valence-corrected chi connectivity index (χ3v) is 5.43. The van der Waals surface area contributed by atoms with E-state index in [4.69, 9.17) is 9.47 Å². The van der Waals surface area contributed by atoms with Gasteiger partial charge in [-0.25, -0.2) is 36.5 Å². The second-order valence-corrected chi connectivity index (χ2v) is 8.36. The van der Waals surface area contributed by atoms with Crippen LogP contribution in [0.3, 0.4) is 0 Å². The van der Waals surface area contributed by atoms with Gasteiger partial charge in [0.1, 0.15) is 5.69 Å². The molecule has 230 valence electrons. The molecular weight excluding hydrogens is 590 g/mol. The predicted molar refractivity (Wildman–Crippen MR) is 137 cm³/mol. The van der Waals surface area contributed by atoms with Gasteiger partial charge in [-0.3, -0.25) is 9.89 Å². The average Bonchev–Trinajstić information content (AvgIpc) is 3.52. The zero-order chi connectivity index (χ0) is 31.7. The van der Waals surface area contributed by atoms with Crippen molar-refractivity contribution in [2.45, 2.75) is 33.5 Å². The lowest BCUT2D eigenvalue weighted by Crippen LogP contribution is -2.17. The molecule has 0 atom stereocenters. The number of ether oxygens (including phenoxy) is 3. The summed E-state index contributed by atoms with van der Waals surface area (Å²) in [5.41, 5.74) is -0.975. The number of nitrogens with zero attached hydrogens (tertiary/aromatic N) is 3. The smallest absolute Gasteiger partial charge is 0.388 e. The minimum atomic E-state index is -3.17. The van der Waals surface area contributed by atoms with Crippen LogP contribution in [0.15, 0.2) is 53.3 Å². The average molecular weight is 614 g/mol. The summed E-state index contributed by atoms with van der Waals surface area (Å²) in [6.45, 7) is -0.340. The number of hydrogen-bond donors (Lipinski definition) is 1. The Morgan fingerprint density at radius 1 is 0.860 bits per heavy atom. The highest BCUT2D eigenvalue weighted by atomic mass is 19.3. The van der Waals surface area contributed by atoms with Crippen LogP contribution in [-0.4, -0.2) is 51.3 Å². The molecular formula is C27H24F6N4O6. The molecule has 2 heterocycles. The van der Waals surface area contributed by atoms with E-state index >= 15 is 0 Å². The Balaban J connectivity index is 0.000000238. The summed E-state index contributed by atoms with van der Waals surface area (Å²) in [6, 6.07) is 9.12. The van der Waals surface area contributed by atoms with E-state index in [1.54, 1.807) is 13.8 Å². The van der Waals surface area contributed by atoms with E-state index in [9.17, 15) is 40.7 Å². The Labute approximate surface area is 239 Å². The summed E-state index contributed by atoms with van der Waals surface area (Å²) in [5.74, 6) is -6.22. The molecule has 1 N–H and O–H groups in total. The van der Waals surface area contributed by atoms with Crippen molar-refractivity contribution in [3.05, 3.63) is 105 Å². The normalized spacial score (nSPS) is 10.7. The molecule has 4 rings (SSSR count). The van der Waals surface area contributed by atoms with E-state index in [-0.39, 0.29) is 42.3 Å². The number of H-pyrrole nitrogens is 1. The van der Waals surface area contributed by atoms with E-state index in [1.165, 1.54) is 24.3 Å². The van der Waals surface area contributed by atoms with Crippen LogP contribution >= 0.6 is 0 Å². The number of benzene rings is 2. The van der Waals surface area contributed by atoms with Crippen LogP contribution in [0.1, 0.15) is 46.0 Å². The monoisotopic (exact) mass is 614 g/mol.